The molecule has 2 rings (SSSR count). The first kappa shape index (κ1) is 15.4. The summed E-state index contributed by atoms with van der Waals surface area (Å²) in [6, 6.07) is 0. The highest BCUT2D eigenvalue weighted by atomic mass is 14.4. The van der Waals surface area contributed by atoms with Gasteiger partial charge in [-0.25, -0.2) is 0 Å². The number of hydrogen-bond acceptors (Lipinski definition) is 0. The SMILES string of the molecule is CC(CCCC1CC1)CC(C)C1CCCC(C)(C)C1. The van der Waals surface area contributed by atoms with Crippen molar-refractivity contribution in [3.63, 3.8) is 0 Å². The van der Waals surface area contributed by atoms with Crippen molar-refractivity contribution in [3.8, 4) is 0 Å². The van der Waals surface area contributed by atoms with Crippen molar-refractivity contribution in [3.05, 3.63) is 0 Å². The second-order valence-electron chi connectivity index (χ2n) is 8.71. The van der Waals surface area contributed by atoms with Gasteiger partial charge in [-0.05, 0) is 48.3 Å². The predicted molar refractivity (Wildman–Crippen MR) is 85.3 cm³/mol. The minimum Gasteiger partial charge on any atom is -0.0625 e. The monoisotopic (exact) mass is 264 g/mol. The maximum absolute atomic E-state index is 2.53. The molecule has 2 fully saturated rings. The molecule has 0 aromatic rings. The Morgan fingerprint density at radius 2 is 1.84 bits per heavy atom. The number of rotatable bonds is 7. The Hall–Kier alpha value is 0. The molecule has 3 atom stereocenters. The molecule has 0 bridgehead atoms. The van der Waals surface area contributed by atoms with Gasteiger partial charge < -0.3 is 0 Å². The summed E-state index contributed by atoms with van der Waals surface area (Å²) in [7, 11) is 0. The Balaban J connectivity index is 1.65. The van der Waals surface area contributed by atoms with Crippen molar-refractivity contribution in [1.82, 2.24) is 0 Å². The molecule has 0 amide bonds. The lowest BCUT2D eigenvalue weighted by atomic mass is 9.67. The molecule has 0 aromatic carbocycles. The zero-order valence-electron chi connectivity index (χ0n) is 13.9. The van der Waals surface area contributed by atoms with Gasteiger partial charge in [-0.3, -0.25) is 0 Å². The molecule has 0 N–H and O–H groups in total. The van der Waals surface area contributed by atoms with Gasteiger partial charge in [0, 0.05) is 0 Å². The molecule has 0 spiro atoms. The highest BCUT2D eigenvalue weighted by Gasteiger charge is 2.31. The van der Waals surface area contributed by atoms with Crippen molar-refractivity contribution < 1.29 is 0 Å². The summed E-state index contributed by atoms with van der Waals surface area (Å²) in [5.41, 5.74) is 0.617. The van der Waals surface area contributed by atoms with E-state index in [9.17, 15) is 0 Å². The predicted octanol–water partition coefficient (Wildman–Crippen LogP) is 6.45. The fraction of sp³-hybridized carbons (Fsp3) is 1.00. The number of hydrogen-bond donors (Lipinski definition) is 0. The molecule has 0 nitrogen and oxygen atoms in total. The van der Waals surface area contributed by atoms with Gasteiger partial charge in [-0.15, -0.1) is 0 Å². The third-order valence-corrected chi connectivity index (χ3v) is 5.83. The van der Waals surface area contributed by atoms with Crippen molar-refractivity contribution in [2.75, 3.05) is 0 Å². The van der Waals surface area contributed by atoms with Crippen LogP contribution in [0.15, 0.2) is 0 Å². The maximum atomic E-state index is 2.53. The molecule has 0 saturated heterocycles. The van der Waals surface area contributed by atoms with Crippen LogP contribution in [0.2, 0.25) is 0 Å². The zero-order valence-corrected chi connectivity index (χ0v) is 13.9. The van der Waals surface area contributed by atoms with Crippen LogP contribution in [-0.2, 0) is 0 Å². The summed E-state index contributed by atoms with van der Waals surface area (Å²) in [4.78, 5) is 0. The lowest BCUT2D eigenvalue weighted by molar-refractivity contribution is 0.127. The fourth-order valence-electron chi connectivity index (χ4n) is 4.35. The van der Waals surface area contributed by atoms with Gasteiger partial charge in [-0.1, -0.05) is 72.6 Å². The van der Waals surface area contributed by atoms with Crippen molar-refractivity contribution in [2.24, 2.45) is 29.1 Å². The normalized spacial score (nSPS) is 30.0. The molecule has 19 heavy (non-hydrogen) atoms. The lowest BCUT2D eigenvalue weighted by Gasteiger charge is -2.38. The molecule has 2 aliphatic carbocycles. The molecule has 2 saturated carbocycles. The van der Waals surface area contributed by atoms with Gasteiger partial charge in [0.1, 0.15) is 0 Å². The van der Waals surface area contributed by atoms with Gasteiger partial charge in [0.2, 0.25) is 0 Å². The molecule has 0 aromatic heterocycles. The molecule has 0 heteroatoms. The molecular weight excluding hydrogens is 228 g/mol. The Labute approximate surface area is 121 Å². The van der Waals surface area contributed by atoms with Crippen LogP contribution in [0, 0.1) is 29.1 Å². The second kappa shape index (κ2) is 6.64. The third kappa shape index (κ3) is 5.48. The van der Waals surface area contributed by atoms with Crippen LogP contribution >= 0.6 is 0 Å². The molecule has 3 unspecified atom stereocenters. The van der Waals surface area contributed by atoms with E-state index in [1.165, 1.54) is 64.2 Å². The summed E-state index contributed by atoms with van der Waals surface area (Å²) in [6.07, 6.45) is 14.9. The van der Waals surface area contributed by atoms with E-state index in [0.29, 0.717) is 5.41 Å². The molecule has 0 heterocycles. The van der Waals surface area contributed by atoms with Gasteiger partial charge in [0.05, 0.1) is 0 Å². The van der Waals surface area contributed by atoms with E-state index >= 15 is 0 Å². The molecule has 0 aliphatic heterocycles. The van der Waals surface area contributed by atoms with E-state index in [0.717, 1.165) is 23.7 Å². The molecule has 2 aliphatic rings. The van der Waals surface area contributed by atoms with E-state index in [-0.39, 0.29) is 0 Å². The van der Waals surface area contributed by atoms with E-state index in [1.54, 1.807) is 0 Å². The van der Waals surface area contributed by atoms with Gasteiger partial charge in [-0.2, -0.15) is 0 Å². The van der Waals surface area contributed by atoms with Crippen molar-refractivity contribution in [2.45, 2.75) is 91.9 Å². The van der Waals surface area contributed by atoms with Crippen molar-refractivity contribution >= 4 is 0 Å². The van der Waals surface area contributed by atoms with E-state index in [1.807, 2.05) is 0 Å². The minimum atomic E-state index is 0.617. The Morgan fingerprint density at radius 1 is 1.11 bits per heavy atom. The van der Waals surface area contributed by atoms with E-state index < -0.39 is 0 Å². The van der Waals surface area contributed by atoms with Crippen LogP contribution in [0.4, 0.5) is 0 Å². The van der Waals surface area contributed by atoms with Crippen LogP contribution in [0.3, 0.4) is 0 Å². The summed E-state index contributed by atoms with van der Waals surface area (Å²) < 4.78 is 0. The second-order valence-corrected chi connectivity index (χ2v) is 8.71. The summed E-state index contributed by atoms with van der Waals surface area (Å²) >= 11 is 0. The van der Waals surface area contributed by atoms with E-state index in [4.69, 9.17) is 0 Å². The highest BCUT2D eigenvalue weighted by molar-refractivity contribution is 4.82. The third-order valence-electron chi connectivity index (χ3n) is 5.83. The van der Waals surface area contributed by atoms with Crippen LogP contribution in [0.5, 0.6) is 0 Å². The summed E-state index contributed by atoms with van der Waals surface area (Å²) in [6.45, 7) is 9.98. The largest absolute Gasteiger partial charge is 0.0625 e. The first-order chi connectivity index (χ1) is 8.96. The average molecular weight is 264 g/mol. The Morgan fingerprint density at radius 3 is 2.47 bits per heavy atom. The first-order valence-electron chi connectivity index (χ1n) is 8.96. The molecular formula is C19H36. The van der Waals surface area contributed by atoms with Crippen molar-refractivity contribution in [1.29, 1.82) is 0 Å². The lowest BCUT2D eigenvalue weighted by Crippen LogP contribution is -2.27. The van der Waals surface area contributed by atoms with Gasteiger partial charge >= 0.3 is 0 Å². The first-order valence-corrected chi connectivity index (χ1v) is 8.96. The standard InChI is InChI=1S/C19H36/c1-15(7-5-8-17-10-11-17)13-16(2)18-9-6-12-19(3,4)14-18/h15-18H,5-14H2,1-4H3. The molecule has 0 radical (unpaired) electrons. The fourth-order valence-corrected chi connectivity index (χ4v) is 4.35. The molecule has 112 valence electrons. The Bertz CT molecular complexity index is 261. The van der Waals surface area contributed by atoms with Crippen LogP contribution in [0.1, 0.15) is 91.9 Å². The van der Waals surface area contributed by atoms with Crippen LogP contribution in [0.25, 0.3) is 0 Å². The Kier molecular flexibility index (Phi) is 5.37. The topological polar surface area (TPSA) is 0 Å². The van der Waals surface area contributed by atoms with E-state index in [2.05, 4.69) is 27.7 Å². The van der Waals surface area contributed by atoms with Crippen LogP contribution in [-0.4, -0.2) is 0 Å². The highest BCUT2D eigenvalue weighted by Crippen LogP contribution is 2.43. The minimum absolute atomic E-state index is 0.617. The smallest absolute Gasteiger partial charge is 0.0351 e. The average Bonchev–Trinajstić information content (AvgIpc) is 3.11. The summed E-state index contributed by atoms with van der Waals surface area (Å²) in [5.74, 6) is 4.05. The quantitative estimate of drug-likeness (QED) is 0.496. The van der Waals surface area contributed by atoms with Gasteiger partial charge in [0.15, 0.2) is 0 Å². The van der Waals surface area contributed by atoms with Gasteiger partial charge in [0.25, 0.3) is 0 Å². The zero-order chi connectivity index (χ0) is 13.9. The maximum Gasteiger partial charge on any atom is -0.0351 e. The van der Waals surface area contributed by atoms with Crippen LogP contribution < -0.4 is 0 Å². The summed E-state index contributed by atoms with van der Waals surface area (Å²) in [5, 5.41) is 0.